The van der Waals surface area contributed by atoms with Crippen LogP contribution in [0.3, 0.4) is 0 Å². The first kappa shape index (κ1) is 15.9. The van der Waals surface area contributed by atoms with Gasteiger partial charge in [-0.2, -0.15) is 0 Å². The largest absolute Gasteiger partial charge is 0.507 e. The normalized spacial score (nSPS) is 11.1. The number of hydrogen-bond acceptors (Lipinski definition) is 3. The van der Waals surface area contributed by atoms with Crippen LogP contribution in [0.1, 0.15) is 21.5 Å². The summed E-state index contributed by atoms with van der Waals surface area (Å²) in [4.78, 5) is 23.5. The summed E-state index contributed by atoms with van der Waals surface area (Å²) >= 11 is 3.65. The molecule has 1 amide bonds. The van der Waals surface area contributed by atoms with Crippen LogP contribution < -0.4 is 5.32 Å². The number of carbonyl (C=O) groups is 2. The van der Waals surface area contributed by atoms with Gasteiger partial charge in [0.15, 0.2) is 5.78 Å². The number of aliphatic hydroxyl groups is 1. The fourth-order valence-electron chi connectivity index (χ4n) is 1.98. The molecule has 0 saturated carbocycles. The third-order valence-corrected chi connectivity index (χ3v) is 3.13. The van der Waals surface area contributed by atoms with Crippen LogP contribution >= 0.6 is 12.6 Å². The van der Waals surface area contributed by atoms with Crippen molar-refractivity contribution >= 4 is 35.1 Å². The van der Waals surface area contributed by atoms with E-state index in [1.54, 1.807) is 42.5 Å². The van der Waals surface area contributed by atoms with Crippen LogP contribution in [0.15, 0.2) is 54.6 Å². The molecule has 0 aliphatic rings. The van der Waals surface area contributed by atoms with Gasteiger partial charge >= 0.3 is 0 Å². The Hall–Kier alpha value is -2.53. The predicted molar refractivity (Wildman–Crippen MR) is 90.6 cm³/mol. The lowest BCUT2D eigenvalue weighted by Crippen LogP contribution is -2.08. The molecule has 0 aromatic heterocycles. The molecule has 0 fully saturated rings. The van der Waals surface area contributed by atoms with Gasteiger partial charge in [-0.25, -0.2) is 0 Å². The van der Waals surface area contributed by atoms with Crippen molar-refractivity contribution in [2.75, 3.05) is 5.32 Å². The van der Waals surface area contributed by atoms with Gasteiger partial charge in [0, 0.05) is 17.2 Å². The number of thiol groups is 1. The summed E-state index contributed by atoms with van der Waals surface area (Å²) in [5.41, 5.74) is 2.06. The summed E-state index contributed by atoms with van der Waals surface area (Å²) in [5.74, 6) is -0.530. The molecule has 5 heteroatoms. The average Bonchev–Trinajstić information content (AvgIpc) is 2.49. The minimum absolute atomic E-state index is 0.129. The summed E-state index contributed by atoms with van der Waals surface area (Å²) < 4.78 is 0. The maximum Gasteiger partial charge on any atom is 0.280 e. The van der Waals surface area contributed by atoms with E-state index in [2.05, 4.69) is 17.9 Å². The zero-order valence-corrected chi connectivity index (χ0v) is 12.8. The number of allylic oxidation sites excluding steroid dienone is 1. The molecular weight excluding hydrogens is 298 g/mol. The van der Waals surface area contributed by atoms with Crippen molar-refractivity contribution in [3.8, 4) is 0 Å². The molecular formula is C17H15NO3S. The second-order valence-electron chi connectivity index (χ2n) is 4.74. The van der Waals surface area contributed by atoms with Crippen molar-refractivity contribution < 1.29 is 14.7 Å². The molecule has 0 unspecified atom stereocenters. The van der Waals surface area contributed by atoms with E-state index in [1.165, 1.54) is 0 Å². The lowest BCUT2D eigenvalue weighted by Gasteiger charge is -2.08. The number of aryl methyl sites for hydroxylation is 1. The fourth-order valence-corrected chi connectivity index (χ4v) is 2.10. The van der Waals surface area contributed by atoms with E-state index < -0.39 is 11.0 Å². The summed E-state index contributed by atoms with van der Waals surface area (Å²) in [5, 5.41) is 12.0. The lowest BCUT2D eigenvalue weighted by atomic mass is 10.0. The molecule has 0 heterocycles. The molecule has 0 spiro atoms. The van der Waals surface area contributed by atoms with Crippen LogP contribution in [-0.4, -0.2) is 16.1 Å². The van der Waals surface area contributed by atoms with Crippen molar-refractivity contribution in [1.82, 2.24) is 0 Å². The minimum Gasteiger partial charge on any atom is -0.507 e. The van der Waals surface area contributed by atoms with Gasteiger partial charge in [-0.3, -0.25) is 9.59 Å². The zero-order chi connectivity index (χ0) is 16.1. The Balaban J connectivity index is 2.37. The third-order valence-electron chi connectivity index (χ3n) is 3.02. The Kier molecular flexibility index (Phi) is 5.01. The highest BCUT2D eigenvalue weighted by molar-refractivity contribution is 7.96. The van der Waals surface area contributed by atoms with Crippen LogP contribution in [0, 0.1) is 6.92 Å². The molecule has 4 nitrogen and oxygen atoms in total. The molecule has 0 atom stereocenters. The number of hydrogen-bond donors (Lipinski definition) is 3. The van der Waals surface area contributed by atoms with Gasteiger partial charge < -0.3 is 10.4 Å². The highest BCUT2D eigenvalue weighted by Crippen LogP contribution is 2.21. The van der Waals surface area contributed by atoms with E-state index in [4.69, 9.17) is 0 Å². The van der Waals surface area contributed by atoms with Gasteiger partial charge in [-0.1, -0.05) is 54.6 Å². The van der Waals surface area contributed by atoms with E-state index in [-0.39, 0.29) is 5.76 Å². The van der Waals surface area contributed by atoms with E-state index >= 15 is 0 Å². The second kappa shape index (κ2) is 6.95. The van der Waals surface area contributed by atoms with Crippen molar-refractivity contribution in [2.45, 2.75) is 6.92 Å². The van der Waals surface area contributed by atoms with E-state index in [1.807, 2.05) is 13.0 Å². The monoisotopic (exact) mass is 313 g/mol. The molecule has 2 aromatic rings. The summed E-state index contributed by atoms with van der Waals surface area (Å²) in [7, 11) is 0. The Labute approximate surface area is 133 Å². The quantitative estimate of drug-likeness (QED) is 0.342. The number of benzene rings is 2. The third kappa shape index (κ3) is 3.99. The first-order valence-corrected chi connectivity index (χ1v) is 7.03. The molecule has 22 heavy (non-hydrogen) atoms. The molecule has 0 aliphatic carbocycles. The van der Waals surface area contributed by atoms with Gasteiger partial charge in [0.05, 0.1) is 5.69 Å². The summed E-state index contributed by atoms with van der Waals surface area (Å²) in [6.45, 7) is 1.84. The van der Waals surface area contributed by atoms with Crippen LogP contribution in [-0.2, 0) is 0 Å². The van der Waals surface area contributed by atoms with Gasteiger partial charge in [-0.15, -0.1) is 0 Å². The van der Waals surface area contributed by atoms with Crippen molar-refractivity contribution in [1.29, 1.82) is 0 Å². The van der Waals surface area contributed by atoms with Crippen LogP contribution in [0.25, 0.3) is 5.76 Å². The first-order chi connectivity index (χ1) is 10.5. The average molecular weight is 313 g/mol. The second-order valence-corrected chi connectivity index (χ2v) is 5.15. The Bertz CT molecular complexity index is 739. The molecule has 2 aromatic carbocycles. The SMILES string of the molecule is Cc1ccc(NC(=O)S)c(C(=O)C=C(O)c2ccccc2)c1. The number of rotatable bonds is 4. The van der Waals surface area contributed by atoms with Crippen LogP contribution in [0.2, 0.25) is 0 Å². The van der Waals surface area contributed by atoms with Crippen LogP contribution in [0.5, 0.6) is 0 Å². The molecule has 112 valence electrons. The van der Waals surface area contributed by atoms with E-state index in [9.17, 15) is 14.7 Å². The van der Waals surface area contributed by atoms with Crippen molar-refractivity contribution in [3.63, 3.8) is 0 Å². The first-order valence-electron chi connectivity index (χ1n) is 6.58. The van der Waals surface area contributed by atoms with Gasteiger partial charge in [-0.05, 0) is 19.1 Å². The fraction of sp³-hybridized carbons (Fsp3) is 0.0588. The summed E-state index contributed by atoms with van der Waals surface area (Å²) in [6.07, 6.45) is 1.14. The van der Waals surface area contributed by atoms with E-state index in [0.29, 0.717) is 16.8 Å². The number of amides is 1. The molecule has 0 aliphatic heterocycles. The molecule has 0 saturated heterocycles. The number of anilines is 1. The van der Waals surface area contributed by atoms with Gasteiger partial charge in [0.25, 0.3) is 5.24 Å². The smallest absolute Gasteiger partial charge is 0.280 e. The molecule has 2 rings (SSSR count). The van der Waals surface area contributed by atoms with Crippen LogP contribution in [0.4, 0.5) is 10.5 Å². The molecule has 2 N–H and O–H groups in total. The van der Waals surface area contributed by atoms with Crippen molar-refractivity contribution in [2.24, 2.45) is 0 Å². The number of ketones is 1. The van der Waals surface area contributed by atoms with E-state index in [0.717, 1.165) is 11.6 Å². The lowest BCUT2D eigenvalue weighted by molar-refractivity contribution is 0.104. The zero-order valence-electron chi connectivity index (χ0n) is 11.9. The number of aliphatic hydroxyl groups excluding tert-OH is 1. The molecule has 0 bridgehead atoms. The standard InChI is InChI=1S/C17H15NO3S/c1-11-7-8-14(18-17(21)22)13(9-11)16(20)10-15(19)12-5-3-2-4-6-12/h2-10,19H,1H3,(H2,18,21,22). The Morgan fingerprint density at radius 2 is 1.82 bits per heavy atom. The van der Waals surface area contributed by atoms with Gasteiger partial charge in [0.1, 0.15) is 5.76 Å². The highest BCUT2D eigenvalue weighted by atomic mass is 32.1. The minimum atomic E-state index is -0.561. The summed E-state index contributed by atoms with van der Waals surface area (Å²) in [6, 6.07) is 13.8. The van der Waals surface area contributed by atoms with Gasteiger partial charge in [0.2, 0.25) is 0 Å². The Morgan fingerprint density at radius 3 is 2.45 bits per heavy atom. The number of carbonyl (C=O) groups excluding carboxylic acids is 2. The topological polar surface area (TPSA) is 66.4 Å². The molecule has 0 radical (unpaired) electrons. The Morgan fingerprint density at radius 1 is 1.14 bits per heavy atom. The van der Waals surface area contributed by atoms with Crippen molar-refractivity contribution in [3.05, 3.63) is 71.3 Å². The number of nitrogens with one attached hydrogen (secondary N) is 1. The maximum absolute atomic E-state index is 12.4. The maximum atomic E-state index is 12.4. The predicted octanol–water partition coefficient (Wildman–Crippen LogP) is 4.24. The highest BCUT2D eigenvalue weighted by Gasteiger charge is 2.12.